The molecule has 0 N–H and O–H groups in total. The summed E-state index contributed by atoms with van der Waals surface area (Å²) in [5, 5.41) is 11.7. The fraction of sp³-hybridized carbons (Fsp3) is 0.0435. The van der Waals surface area contributed by atoms with E-state index in [1.807, 2.05) is 18.2 Å². The van der Waals surface area contributed by atoms with Gasteiger partial charge in [0, 0.05) is 27.8 Å². The van der Waals surface area contributed by atoms with Crippen molar-refractivity contribution in [2.45, 2.75) is 6.61 Å². The molecule has 4 rings (SSSR count). The van der Waals surface area contributed by atoms with Gasteiger partial charge in [-0.3, -0.25) is 10.1 Å². The average Bonchev–Trinajstić information content (AvgIpc) is 3.14. The smallest absolute Gasteiger partial charge is 0.363 e. The Morgan fingerprint density at radius 1 is 1.03 bits per heavy atom. The highest BCUT2D eigenvalue weighted by atomic mass is 35.5. The van der Waals surface area contributed by atoms with Crippen molar-refractivity contribution in [2.24, 2.45) is 4.99 Å². The van der Waals surface area contributed by atoms with Crippen LogP contribution in [0, 0.1) is 10.1 Å². The first-order chi connectivity index (χ1) is 15.4. The molecule has 0 fully saturated rings. The number of cyclic esters (lactones) is 1. The van der Waals surface area contributed by atoms with Crippen molar-refractivity contribution in [3.8, 4) is 5.75 Å². The van der Waals surface area contributed by atoms with Gasteiger partial charge in [-0.1, -0.05) is 59.6 Å². The van der Waals surface area contributed by atoms with Crippen molar-refractivity contribution in [3.05, 3.63) is 109 Å². The molecule has 160 valence electrons. The van der Waals surface area contributed by atoms with Gasteiger partial charge in [0.2, 0.25) is 5.90 Å². The number of halogens is 2. The standard InChI is InChI=1S/C23H14Cl2N2O5/c24-17-7-3-1-6-16(17)13-31-21-8-4-2-5-14(21)11-19-23(28)32-22(26-19)15-9-10-18(25)20(12-15)27(29)30/h1-12H,13H2/b19-11-. The fourth-order valence-corrected chi connectivity index (χ4v) is 3.34. The van der Waals surface area contributed by atoms with Crippen LogP contribution >= 0.6 is 23.2 Å². The molecule has 0 saturated heterocycles. The zero-order valence-corrected chi connectivity index (χ0v) is 17.8. The lowest BCUT2D eigenvalue weighted by molar-refractivity contribution is -0.384. The summed E-state index contributed by atoms with van der Waals surface area (Å²) in [4.78, 5) is 27.1. The molecule has 0 amide bonds. The molecule has 1 heterocycles. The van der Waals surface area contributed by atoms with Gasteiger partial charge in [0.15, 0.2) is 5.70 Å². The largest absolute Gasteiger partial charge is 0.488 e. The van der Waals surface area contributed by atoms with Crippen LogP contribution in [0.1, 0.15) is 16.7 Å². The predicted molar refractivity (Wildman–Crippen MR) is 121 cm³/mol. The third-order valence-corrected chi connectivity index (χ3v) is 5.25. The van der Waals surface area contributed by atoms with Crippen molar-refractivity contribution < 1.29 is 19.2 Å². The summed E-state index contributed by atoms with van der Waals surface area (Å²) in [6, 6.07) is 18.5. The van der Waals surface area contributed by atoms with Gasteiger partial charge in [0.05, 0.1) is 4.92 Å². The molecule has 0 radical (unpaired) electrons. The summed E-state index contributed by atoms with van der Waals surface area (Å²) in [7, 11) is 0. The molecule has 0 bridgehead atoms. The highest BCUT2D eigenvalue weighted by Gasteiger charge is 2.26. The molecule has 0 aliphatic carbocycles. The first-order valence-electron chi connectivity index (χ1n) is 9.34. The Labute approximate surface area is 192 Å². The summed E-state index contributed by atoms with van der Waals surface area (Å²) in [5.74, 6) is -0.201. The van der Waals surface area contributed by atoms with Crippen LogP contribution in [0.5, 0.6) is 5.75 Å². The number of rotatable bonds is 6. The maximum atomic E-state index is 12.4. The number of benzene rings is 3. The Balaban J connectivity index is 1.61. The van der Waals surface area contributed by atoms with E-state index < -0.39 is 10.9 Å². The minimum absolute atomic E-state index is 0.0240. The summed E-state index contributed by atoms with van der Waals surface area (Å²) in [5.41, 5.74) is 1.42. The lowest BCUT2D eigenvalue weighted by atomic mass is 10.1. The van der Waals surface area contributed by atoms with Gasteiger partial charge >= 0.3 is 5.97 Å². The van der Waals surface area contributed by atoms with E-state index in [9.17, 15) is 14.9 Å². The summed E-state index contributed by atoms with van der Waals surface area (Å²) >= 11 is 12.0. The molecule has 0 unspecified atom stereocenters. The Morgan fingerprint density at radius 2 is 1.78 bits per heavy atom. The molecule has 0 spiro atoms. The van der Waals surface area contributed by atoms with Crippen LogP contribution in [0.2, 0.25) is 10.0 Å². The number of carbonyl (C=O) groups is 1. The van der Waals surface area contributed by atoms with Crippen LogP contribution in [0.4, 0.5) is 5.69 Å². The van der Waals surface area contributed by atoms with E-state index in [0.29, 0.717) is 16.3 Å². The number of carbonyl (C=O) groups excluding carboxylic acids is 1. The lowest BCUT2D eigenvalue weighted by Crippen LogP contribution is -2.06. The molecule has 0 saturated carbocycles. The van der Waals surface area contributed by atoms with Crippen LogP contribution in [0.3, 0.4) is 0 Å². The van der Waals surface area contributed by atoms with Gasteiger partial charge in [-0.25, -0.2) is 9.79 Å². The third kappa shape index (κ3) is 4.64. The predicted octanol–water partition coefficient (Wildman–Crippen LogP) is 5.83. The quantitative estimate of drug-likeness (QED) is 0.196. The number of esters is 1. The van der Waals surface area contributed by atoms with Crippen LogP contribution < -0.4 is 4.74 Å². The maximum Gasteiger partial charge on any atom is 0.363 e. The molecule has 7 nitrogen and oxygen atoms in total. The van der Waals surface area contributed by atoms with E-state index in [2.05, 4.69) is 4.99 Å². The Hall–Kier alpha value is -3.68. The third-order valence-electron chi connectivity index (χ3n) is 4.56. The number of para-hydroxylation sites is 1. The Bertz CT molecular complexity index is 1290. The Kier molecular flexibility index (Phi) is 6.20. The number of hydrogen-bond acceptors (Lipinski definition) is 6. The molecule has 0 aromatic heterocycles. The van der Waals surface area contributed by atoms with E-state index >= 15 is 0 Å². The fourth-order valence-electron chi connectivity index (χ4n) is 2.97. The van der Waals surface area contributed by atoms with Gasteiger partial charge in [0.1, 0.15) is 17.4 Å². The van der Waals surface area contributed by atoms with Gasteiger partial charge < -0.3 is 9.47 Å². The molecule has 32 heavy (non-hydrogen) atoms. The molecule has 9 heteroatoms. The summed E-state index contributed by atoms with van der Waals surface area (Å²) in [6.07, 6.45) is 1.53. The summed E-state index contributed by atoms with van der Waals surface area (Å²) < 4.78 is 11.1. The minimum Gasteiger partial charge on any atom is -0.488 e. The van der Waals surface area contributed by atoms with Crippen molar-refractivity contribution in [2.75, 3.05) is 0 Å². The molecule has 3 aromatic carbocycles. The van der Waals surface area contributed by atoms with Crippen molar-refractivity contribution in [3.63, 3.8) is 0 Å². The van der Waals surface area contributed by atoms with Gasteiger partial charge in [-0.05, 0) is 30.3 Å². The van der Waals surface area contributed by atoms with E-state index in [-0.39, 0.29) is 34.5 Å². The zero-order chi connectivity index (χ0) is 22.7. The van der Waals surface area contributed by atoms with Gasteiger partial charge in [0.25, 0.3) is 5.69 Å². The highest BCUT2D eigenvalue weighted by Crippen LogP contribution is 2.29. The first-order valence-corrected chi connectivity index (χ1v) is 10.1. The second-order valence-electron chi connectivity index (χ2n) is 6.68. The Morgan fingerprint density at radius 3 is 2.56 bits per heavy atom. The van der Waals surface area contributed by atoms with Crippen LogP contribution in [0.25, 0.3) is 6.08 Å². The van der Waals surface area contributed by atoms with Crippen LogP contribution in [0.15, 0.2) is 77.4 Å². The molecular weight excluding hydrogens is 455 g/mol. The van der Waals surface area contributed by atoms with Crippen LogP contribution in [-0.4, -0.2) is 16.8 Å². The molecule has 0 atom stereocenters. The van der Waals surface area contributed by atoms with E-state index in [4.69, 9.17) is 32.7 Å². The first kappa shape index (κ1) is 21.5. The topological polar surface area (TPSA) is 91.0 Å². The van der Waals surface area contributed by atoms with E-state index in [1.165, 1.54) is 24.3 Å². The monoisotopic (exact) mass is 468 g/mol. The highest BCUT2D eigenvalue weighted by molar-refractivity contribution is 6.33. The second-order valence-corrected chi connectivity index (χ2v) is 7.49. The number of hydrogen-bond donors (Lipinski definition) is 0. The number of nitro groups is 1. The van der Waals surface area contributed by atoms with Crippen molar-refractivity contribution in [1.82, 2.24) is 0 Å². The normalized spacial score (nSPS) is 14.2. The number of ether oxygens (including phenoxy) is 2. The van der Waals surface area contributed by atoms with Crippen molar-refractivity contribution in [1.29, 1.82) is 0 Å². The number of aliphatic imine (C=N–C) groups is 1. The minimum atomic E-state index is -0.682. The lowest BCUT2D eigenvalue weighted by Gasteiger charge is -2.10. The molecule has 1 aliphatic rings. The molecule has 3 aromatic rings. The number of nitrogens with zero attached hydrogens (tertiary/aromatic N) is 2. The number of nitro benzene ring substituents is 1. The molecule has 1 aliphatic heterocycles. The van der Waals surface area contributed by atoms with Gasteiger partial charge in [-0.15, -0.1) is 0 Å². The maximum absolute atomic E-state index is 12.4. The van der Waals surface area contributed by atoms with E-state index in [0.717, 1.165) is 5.56 Å². The summed E-state index contributed by atoms with van der Waals surface area (Å²) in [6.45, 7) is 0.243. The zero-order valence-electron chi connectivity index (χ0n) is 16.3. The van der Waals surface area contributed by atoms with E-state index in [1.54, 1.807) is 30.3 Å². The van der Waals surface area contributed by atoms with Crippen molar-refractivity contribution >= 4 is 46.8 Å². The molecular formula is C23H14Cl2N2O5. The average molecular weight is 469 g/mol. The SMILES string of the molecule is O=C1OC(c2ccc(Cl)c([N+](=O)[O-])c2)=N/C1=C\c1ccccc1OCc1ccccc1Cl. The van der Waals surface area contributed by atoms with Crippen LogP contribution in [-0.2, 0) is 16.1 Å². The van der Waals surface area contributed by atoms with Gasteiger partial charge in [-0.2, -0.15) is 0 Å². The second kappa shape index (κ2) is 9.21.